The molecule has 1 N–H and O–H groups in total. The summed E-state index contributed by atoms with van der Waals surface area (Å²) in [6.07, 6.45) is 0.743. The molecule has 0 radical (unpaired) electrons. The molecule has 32 heavy (non-hydrogen) atoms. The first-order valence-electron chi connectivity index (χ1n) is 10.1. The van der Waals surface area contributed by atoms with Gasteiger partial charge in [0.05, 0.1) is 17.8 Å². The van der Waals surface area contributed by atoms with Crippen LogP contribution in [0.3, 0.4) is 0 Å². The van der Waals surface area contributed by atoms with E-state index in [9.17, 15) is 9.18 Å². The van der Waals surface area contributed by atoms with Gasteiger partial charge >= 0.3 is 0 Å². The average molecular weight is 469 g/mol. The SMILES string of the molecule is Cc1ccc(Cl)cc1NC(=O)Cc1csc(-n2nc(C)c(Cc3cccc(F)c3)c2C)n1. The van der Waals surface area contributed by atoms with Crippen LogP contribution in [0.2, 0.25) is 5.02 Å². The molecule has 0 fully saturated rings. The van der Waals surface area contributed by atoms with Crippen LogP contribution in [0.4, 0.5) is 10.1 Å². The second-order valence-corrected chi connectivity index (χ2v) is 8.95. The molecule has 0 aliphatic carbocycles. The fraction of sp³-hybridized carbons (Fsp3) is 0.208. The number of aromatic nitrogens is 3. The number of hydrogen-bond acceptors (Lipinski definition) is 4. The van der Waals surface area contributed by atoms with Crippen LogP contribution in [0, 0.1) is 26.6 Å². The van der Waals surface area contributed by atoms with E-state index in [1.54, 1.807) is 22.9 Å². The molecule has 0 bridgehead atoms. The van der Waals surface area contributed by atoms with Gasteiger partial charge in [0.2, 0.25) is 11.0 Å². The van der Waals surface area contributed by atoms with E-state index in [0.717, 1.165) is 28.1 Å². The average Bonchev–Trinajstić information content (AvgIpc) is 3.30. The molecule has 4 rings (SSSR count). The number of hydrogen-bond donors (Lipinski definition) is 1. The van der Waals surface area contributed by atoms with Gasteiger partial charge in [0.15, 0.2) is 0 Å². The Morgan fingerprint density at radius 1 is 1.19 bits per heavy atom. The zero-order chi connectivity index (χ0) is 22.8. The summed E-state index contributed by atoms with van der Waals surface area (Å²) in [6, 6.07) is 12.0. The summed E-state index contributed by atoms with van der Waals surface area (Å²) >= 11 is 7.46. The molecule has 0 saturated carbocycles. The number of aryl methyl sites for hydroxylation is 2. The Morgan fingerprint density at radius 3 is 2.78 bits per heavy atom. The first-order chi connectivity index (χ1) is 15.3. The second-order valence-electron chi connectivity index (χ2n) is 7.67. The van der Waals surface area contributed by atoms with Gasteiger partial charge < -0.3 is 5.32 Å². The summed E-state index contributed by atoms with van der Waals surface area (Å²) in [5, 5.41) is 10.7. The predicted molar refractivity (Wildman–Crippen MR) is 126 cm³/mol. The Hall–Kier alpha value is -3.03. The molecule has 0 aliphatic rings. The molecule has 8 heteroatoms. The highest BCUT2D eigenvalue weighted by Crippen LogP contribution is 2.24. The number of nitrogens with zero attached hydrogens (tertiary/aromatic N) is 3. The Morgan fingerprint density at radius 2 is 2.00 bits per heavy atom. The van der Waals surface area contributed by atoms with Crippen molar-refractivity contribution >= 4 is 34.5 Å². The molecule has 0 unspecified atom stereocenters. The maximum absolute atomic E-state index is 13.6. The minimum absolute atomic E-state index is 0.151. The number of benzene rings is 2. The molecule has 5 nitrogen and oxygen atoms in total. The Labute approximate surface area is 194 Å². The molecule has 2 aromatic heterocycles. The number of rotatable bonds is 6. The highest BCUT2D eigenvalue weighted by Gasteiger charge is 2.17. The van der Waals surface area contributed by atoms with Crippen LogP contribution in [0.1, 0.15) is 33.8 Å². The first-order valence-corrected chi connectivity index (χ1v) is 11.4. The Bertz CT molecular complexity index is 1300. The number of carbonyl (C=O) groups excluding carboxylic acids is 1. The van der Waals surface area contributed by atoms with Crippen molar-refractivity contribution in [1.82, 2.24) is 14.8 Å². The third-order valence-electron chi connectivity index (χ3n) is 5.25. The predicted octanol–water partition coefficient (Wildman–Crippen LogP) is 5.82. The van der Waals surface area contributed by atoms with Crippen molar-refractivity contribution in [3.63, 3.8) is 0 Å². The molecule has 0 aliphatic heterocycles. The number of anilines is 1. The zero-order valence-corrected chi connectivity index (χ0v) is 19.5. The normalized spacial score (nSPS) is 11.0. The standard InChI is InChI=1S/C24H22ClFN4OS/c1-14-7-8-18(25)11-22(14)28-23(31)12-20-13-32-24(27-20)30-16(3)21(15(2)29-30)10-17-5-4-6-19(26)9-17/h4-9,11,13H,10,12H2,1-3H3,(H,28,31). The summed E-state index contributed by atoms with van der Waals surface area (Å²) in [6.45, 7) is 5.83. The van der Waals surface area contributed by atoms with Crippen molar-refractivity contribution in [1.29, 1.82) is 0 Å². The smallest absolute Gasteiger partial charge is 0.230 e. The molecule has 0 atom stereocenters. The summed E-state index contributed by atoms with van der Waals surface area (Å²) in [5.74, 6) is -0.409. The van der Waals surface area contributed by atoms with Gasteiger partial charge in [-0.3, -0.25) is 4.79 Å². The van der Waals surface area contributed by atoms with E-state index in [0.29, 0.717) is 28.0 Å². The van der Waals surface area contributed by atoms with Crippen LogP contribution in [0.25, 0.3) is 5.13 Å². The lowest BCUT2D eigenvalue weighted by Crippen LogP contribution is -2.15. The molecule has 164 valence electrons. The first kappa shape index (κ1) is 22.2. The molecular formula is C24H22ClFN4OS. The topological polar surface area (TPSA) is 59.8 Å². The Kier molecular flexibility index (Phi) is 6.39. The van der Waals surface area contributed by atoms with Crippen molar-refractivity contribution in [3.8, 4) is 5.13 Å². The third kappa shape index (κ3) is 4.89. The number of carbonyl (C=O) groups is 1. The van der Waals surface area contributed by atoms with E-state index in [4.69, 9.17) is 11.6 Å². The van der Waals surface area contributed by atoms with Gasteiger partial charge in [-0.25, -0.2) is 14.1 Å². The number of amides is 1. The third-order valence-corrected chi connectivity index (χ3v) is 6.35. The van der Waals surface area contributed by atoms with Crippen LogP contribution in [0.5, 0.6) is 0 Å². The molecule has 0 spiro atoms. The largest absolute Gasteiger partial charge is 0.325 e. The Balaban J connectivity index is 1.50. The van der Waals surface area contributed by atoms with Gasteiger partial charge in [0.25, 0.3) is 0 Å². The van der Waals surface area contributed by atoms with Crippen LogP contribution in [-0.2, 0) is 17.6 Å². The number of halogens is 2. The van der Waals surface area contributed by atoms with Gasteiger partial charge in [-0.05, 0) is 56.2 Å². The maximum Gasteiger partial charge on any atom is 0.230 e. The van der Waals surface area contributed by atoms with E-state index in [-0.39, 0.29) is 18.1 Å². The second kappa shape index (κ2) is 9.22. The molecule has 2 aromatic carbocycles. The van der Waals surface area contributed by atoms with Gasteiger partial charge in [-0.2, -0.15) is 5.10 Å². The van der Waals surface area contributed by atoms with Crippen molar-refractivity contribution in [2.75, 3.05) is 5.32 Å². The maximum atomic E-state index is 13.6. The highest BCUT2D eigenvalue weighted by atomic mass is 35.5. The quantitative estimate of drug-likeness (QED) is 0.388. The molecule has 4 aromatic rings. The molecular weight excluding hydrogens is 447 g/mol. The summed E-state index contributed by atoms with van der Waals surface area (Å²) < 4.78 is 15.3. The van der Waals surface area contributed by atoms with Crippen LogP contribution in [-0.4, -0.2) is 20.7 Å². The van der Waals surface area contributed by atoms with Crippen LogP contribution < -0.4 is 5.32 Å². The summed E-state index contributed by atoms with van der Waals surface area (Å²) in [5.41, 5.74) is 6.06. The van der Waals surface area contributed by atoms with Gasteiger partial charge in [0, 0.05) is 33.8 Å². The number of thiazole rings is 1. The van der Waals surface area contributed by atoms with Crippen LogP contribution >= 0.6 is 22.9 Å². The zero-order valence-electron chi connectivity index (χ0n) is 17.9. The van der Waals surface area contributed by atoms with E-state index in [1.165, 1.54) is 23.5 Å². The van der Waals surface area contributed by atoms with Crippen molar-refractivity contribution < 1.29 is 9.18 Å². The van der Waals surface area contributed by atoms with E-state index in [2.05, 4.69) is 15.4 Å². The van der Waals surface area contributed by atoms with Crippen molar-refractivity contribution in [3.05, 3.63) is 92.5 Å². The lowest BCUT2D eigenvalue weighted by molar-refractivity contribution is -0.115. The minimum atomic E-state index is -0.249. The van der Waals surface area contributed by atoms with Gasteiger partial charge in [-0.15, -0.1) is 11.3 Å². The summed E-state index contributed by atoms with van der Waals surface area (Å²) in [4.78, 5) is 17.1. The van der Waals surface area contributed by atoms with E-state index < -0.39 is 0 Å². The van der Waals surface area contributed by atoms with E-state index in [1.807, 2.05) is 38.3 Å². The monoisotopic (exact) mass is 468 g/mol. The van der Waals surface area contributed by atoms with Gasteiger partial charge in [0.1, 0.15) is 5.82 Å². The number of nitrogens with one attached hydrogen (secondary N) is 1. The highest BCUT2D eigenvalue weighted by molar-refractivity contribution is 7.12. The fourth-order valence-electron chi connectivity index (χ4n) is 3.53. The lowest BCUT2D eigenvalue weighted by atomic mass is 10.0. The molecule has 1 amide bonds. The fourth-order valence-corrected chi connectivity index (χ4v) is 4.53. The van der Waals surface area contributed by atoms with Crippen LogP contribution in [0.15, 0.2) is 47.8 Å². The van der Waals surface area contributed by atoms with Gasteiger partial charge in [-0.1, -0.05) is 29.8 Å². The van der Waals surface area contributed by atoms with E-state index >= 15 is 0 Å². The summed E-state index contributed by atoms with van der Waals surface area (Å²) in [7, 11) is 0. The lowest BCUT2D eigenvalue weighted by Gasteiger charge is -2.08. The van der Waals surface area contributed by atoms with Crippen molar-refractivity contribution in [2.45, 2.75) is 33.6 Å². The minimum Gasteiger partial charge on any atom is -0.325 e. The molecule has 2 heterocycles. The van der Waals surface area contributed by atoms with Crippen molar-refractivity contribution in [2.24, 2.45) is 0 Å². The molecule has 0 saturated heterocycles.